The van der Waals surface area contributed by atoms with Gasteiger partial charge in [0.1, 0.15) is 0 Å². The van der Waals surface area contributed by atoms with Crippen LogP contribution in [0.25, 0.3) is 0 Å². The minimum absolute atomic E-state index is 0.934. The van der Waals surface area contributed by atoms with Crippen LogP contribution in [0.3, 0.4) is 0 Å². The van der Waals surface area contributed by atoms with E-state index in [4.69, 9.17) is 0 Å². The van der Waals surface area contributed by atoms with E-state index in [-0.39, 0.29) is 0 Å². The Morgan fingerprint density at radius 2 is 1.84 bits per heavy atom. The van der Waals surface area contributed by atoms with E-state index >= 15 is 0 Å². The van der Waals surface area contributed by atoms with Crippen LogP contribution in [0, 0.1) is 13.8 Å². The summed E-state index contributed by atoms with van der Waals surface area (Å²) in [6.45, 7) is 5.27. The summed E-state index contributed by atoms with van der Waals surface area (Å²) in [6.07, 6.45) is 0. The summed E-state index contributed by atoms with van der Waals surface area (Å²) in [6, 6.07) is 15.5. The first-order valence-electron chi connectivity index (χ1n) is 6.61. The number of benzene rings is 2. The summed E-state index contributed by atoms with van der Waals surface area (Å²) in [4.78, 5) is 1.38. The number of hydrogen-bond donors (Lipinski definition) is 1. The number of hydrogen-bond acceptors (Lipinski definition) is 2. The fourth-order valence-electron chi connectivity index (χ4n) is 2.15. The molecule has 19 heavy (non-hydrogen) atoms. The van der Waals surface area contributed by atoms with Gasteiger partial charge < -0.3 is 5.32 Å². The van der Waals surface area contributed by atoms with Crippen LogP contribution in [0.15, 0.2) is 47.4 Å². The maximum Gasteiger partial charge on any atom is 0.0232 e. The molecule has 0 amide bonds. The summed E-state index contributed by atoms with van der Waals surface area (Å²) < 4.78 is 0. The van der Waals surface area contributed by atoms with Gasteiger partial charge in [-0.3, -0.25) is 0 Å². The predicted molar refractivity (Wildman–Crippen MR) is 84.7 cm³/mol. The van der Waals surface area contributed by atoms with Crippen molar-refractivity contribution in [2.45, 2.75) is 31.0 Å². The van der Waals surface area contributed by atoms with Crippen molar-refractivity contribution in [3.63, 3.8) is 0 Å². The number of aryl methyl sites for hydroxylation is 2. The molecular weight excluding hydrogens is 250 g/mol. The molecule has 0 bridgehead atoms. The van der Waals surface area contributed by atoms with E-state index in [0.717, 1.165) is 12.3 Å². The first kappa shape index (κ1) is 14.2. The second-order valence-electron chi connectivity index (χ2n) is 4.91. The van der Waals surface area contributed by atoms with Crippen LogP contribution in [0.1, 0.15) is 22.3 Å². The van der Waals surface area contributed by atoms with Gasteiger partial charge in [0, 0.05) is 17.2 Å². The third kappa shape index (κ3) is 4.12. The van der Waals surface area contributed by atoms with Crippen molar-refractivity contribution in [3.05, 3.63) is 64.7 Å². The van der Waals surface area contributed by atoms with Gasteiger partial charge in [-0.05, 0) is 43.7 Å². The molecule has 2 rings (SSSR count). The Labute approximate surface area is 120 Å². The van der Waals surface area contributed by atoms with Crippen LogP contribution in [0.5, 0.6) is 0 Å². The predicted octanol–water partition coefficient (Wildman–Crippen LogP) is 4.32. The molecular formula is C17H21NS. The van der Waals surface area contributed by atoms with Gasteiger partial charge in [0.15, 0.2) is 0 Å². The highest BCUT2D eigenvalue weighted by Gasteiger charge is 2.02. The Balaban J connectivity index is 2.03. The molecule has 0 heterocycles. The van der Waals surface area contributed by atoms with Crippen LogP contribution < -0.4 is 5.32 Å². The molecule has 0 radical (unpaired) electrons. The number of nitrogens with one attached hydrogen (secondary N) is 1. The SMILES string of the molecule is CNCc1ccc(SCc2cccc(C)c2)c(C)c1. The van der Waals surface area contributed by atoms with Crippen LogP contribution >= 0.6 is 11.8 Å². The molecule has 0 aliphatic carbocycles. The molecule has 0 saturated heterocycles. The van der Waals surface area contributed by atoms with Gasteiger partial charge in [-0.15, -0.1) is 11.8 Å². The van der Waals surface area contributed by atoms with E-state index in [2.05, 4.69) is 61.6 Å². The fourth-order valence-corrected chi connectivity index (χ4v) is 3.10. The average Bonchev–Trinajstić information content (AvgIpc) is 2.38. The van der Waals surface area contributed by atoms with Crippen LogP contribution in [-0.2, 0) is 12.3 Å². The Morgan fingerprint density at radius 3 is 2.53 bits per heavy atom. The van der Waals surface area contributed by atoms with E-state index in [0.29, 0.717) is 0 Å². The summed E-state index contributed by atoms with van der Waals surface area (Å²) in [7, 11) is 1.98. The molecule has 0 unspecified atom stereocenters. The zero-order valence-electron chi connectivity index (χ0n) is 11.9. The zero-order valence-corrected chi connectivity index (χ0v) is 12.7. The lowest BCUT2D eigenvalue weighted by Gasteiger charge is -2.08. The summed E-state index contributed by atoms with van der Waals surface area (Å²) in [5, 5.41) is 3.19. The standard InChI is InChI=1S/C17H21NS/c1-13-5-4-6-16(9-13)12-19-17-8-7-15(11-18-3)10-14(17)2/h4-10,18H,11-12H2,1-3H3. The second kappa shape index (κ2) is 6.78. The molecule has 0 aliphatic rings. The molecule has 0 atom stereocenters. The summed E-state index contributed by atoms with van der Waals surface area (Å²) in [5.41, 5.74) is 5.44. The number of thioether (sulfide) groups is 1. The normalized spacial score (nSPS) is 10.7. The quantitative estimate of drug-likeness (QED) is 0.813. The van der Waals surface area contributed by atoms with Crippen molar-refractivity contribution in [3.8, 4) is 0 Å². The van der Waals surface area contributed by atoms with E-state index in [1.54, 1.807) is 0 Å². The van der Waals surface area contributed by atoms with E-state index in [1.807, 2.05) is 18.8 Å². The maximum absolute atomic E-state index is 3.19. The molecule has 0 saturated carbocycles. The lowest BCUT2D eigenvalue weighted by Crippen LogP contribution is -2.05. The smallest absolute Gasteiger partial charge is 0.0232 e. The number of rotatable bonds is 5. The Bertz CT molecular complexity index is 549. The van der Waals surface area contributed by atoms with Crippen LogP contribution in [0.4, 0.5) is 0 Å². The molecule has 2 heteroatoms. The Kier molecular flexibility index (Phi) is 5.06. The van der Waals surface area contributed by atoms with Gasteiger partial charge in [-0.25, -0.2) is 0 Å². The molecule has 0 aromatic heterocycles. The van der Waals surface area contributed by atoms with Crippen LogP contribution in [-0.4, -0.2) is 7.05 Å². The molecule has 0 spiro atoms. The van der Waals surface area contributed by atoms with Gasteiger partial charge in [0.05, 0.1) is 0 Å². The maximum atomic E-state index is 3.19. The third-order valence-corrected chi connectivity index (χ3v) is 4.34. The van der Waals surface area contributed by atoms with Gasteiger partial charge in [0.25, 0.3) is 0 Å². The lowest BCUT2D eigenvalue weighted by molar-refractivity contribution is 0.815. The molecule has 1 N–H and O–H groups in total. The minimum Gasteiger partial charge on any atom is -0.316 e. The van der Waals surface area contributed by atoms with Crippen molar-refractivity contribution in [1.29, 1.82) is 0 Å². The Morgan fingerprint density at radius 1 is 1.00 bits per heavy atom. The Hall–Kier alpha value is -1.25. The average molecular weight is 271 g/mol. The molecule has 0 aliphatic heterocycles. The zero-order chi connectivity index (χ0) is 13.7. The van der Waals surface area contributed by atoms with Crippen molar-refractivity contribution in [2.75, 3.05) is 7.05 Å². The lowest BCUT2D eigenvalue weighted by atomic mass is 10.1. The molecule has 100 valence electrons. The van der Waals surface area contributed by atoms with Gasteiger partial charge in [-0.1, -0.05) is 42.0 Å². The van der Waals surface area contributed by atoms with Crippen molar-refractivity contribution in [1.82, 2.24) is 5.32 Å². The first-order chi connectivity index (χ1) is 9.19. The topological polar surface area (TPSA) is 12.0 Å². The summed E-state index contributed by atoms with van der Waals surface area (Å²) >= 11 is 1.92. The second-order valence-corrected chi connectivity index (χ2v) is 5.93. The van der Waals surface area contributed by atoms with E-state index < -0.39 is 0 Å². The van der Waals surface area contributed by atoms with Crippen molar-refractivity contribution < 1.29 is 0 Å². The third-order valence-electron chi connectivity index (χ3n) is 3.10. The van der Waals surface area contributed by atoms with Crippen molar-refractivity contribution >= 4 is 11.8 Å². The molecule has 2 aromatic carbocycles. The van der Waals surface area contributed by atoms with Gasteiger partial charge >= 0.3 is 0 Å². The fraction of sp³-hybridized carbons (Fsp3) is 0.294. The monoisotopic (exact) mass is 271 g/mol. The van der Waals surface area contributed by atoms with E-state index in [9.17, 15) is 0 Å². The highest BCUT2D eigenvalue weighted by molar-refractivity contribution is 7.98. The van der Waals surface area contributed by atoms with Gasteiger partial charge in [0.2, 0.25) is 0 Å². The molecule has 1 nitrogen and oxygen atoms in total. The minimum atomic E-state index is 0.934. The van der Waals surface area contributed by atoms with Crippen LogP contribution in [0.2, 0.25) is 0 Å². The highest BCUT2D eigenvalue weighted by Crippen LogP contribution is 2.27. The largest absolute Gasteiger partial charge is 0.316 e. The summed E-state index contributed by atoms with van der Waals surface area (Å²) in [5.74, 6) is 1.04. The molecule has 2 aromatic rings. The first-order valence-corrected chi connectivity index (χ1v) is 7.60. The van der Waals surface area contributed by atoms with Crippen molar-refractivity contribution in [2.24, 2.45) is 0 Å². The molecule has 0 fully saturated rings. The van der Waals surface area contributed by atoms with Gasteiger partial charge in [-0.2, -0.15) is 0 Å². The van der Waals surface area contributed by atoms with E-state index in [1.165, 1.54) is 27.1 Å². The highest BCUT2D eigenvalue weighted by atomic mass is 32.2.